The average Bonchev–Trinajstić information content (AvgIpc) is 2.24. The first-order chi connectivity index (χ1) is 7.85. The SMILES string of the molecule is CC(C)(C)OC(=O)N1CCOCC12CNC2=O. The third kappa shape index (κ3) is 2.09. The molecule has 1 atom stereocenters. The van der Waals surface area contributed by atoms with E-state index in [0.29, 0.717) is 19.7 Å². The summed E-state index contributed by atoms with van der Waals surface area (Å²) >= 11 is 0. The van der Waals surface area contributed by atoms with Gasteiger partial charge in [0.25, 0.3) is 0 Å². The van der Waals surface area contributed by atoms with Crippen LogP contribution in [0.5, 0.6) is 0 Å². The summed E-state index contributed by atoms with van der Waals surface area (Å²) in [6.07, 6.45) is -0.448. The third-order valence-electron chi connectivity index (χ3n) is 2.89. The van der Waals surface area contributed by atoms with Gasteiger partial charge in [-0.25, -0.2) is 4.79 Å². The molecule has 96 valence electrons. The number of rotatable bonds is 0. The molecule has 17 heavy (non-hydrogen) atoms. The first-order valence-electron chi connectivity index (χ1n) is 5.72. The van der Waals surface area contributed by atoms with Crippen molar-refractivity contribution in [3.8, 4) is 0 Å². The molecule has 0 bridgehead atoms. The van der Waals surface area contributed by atoms with E-state index in [1.54, 1.807) is 20.8 Å². The van der Waals surface area contributed by atoms with Gasteiger partial charge in [0, 0.05) is 6.54 Å². The van der Waals surface area contributed by atoms with E-state index >= 15 is 0 Å². The van der Waals surface area contributed by atoms with Crippen LogP contribution in [0.1, 0.15) is 20.8 Å². The van der Waals surface area contributed by atoms with Crippen molar-refractivity contribution in [1.82, 2.24) is 10.2 Å². The number of nitrogens with one attached hydrogen (secondary N) is 1. The Hall–Kier alpha value is -1.30. The molecule has 2 aliphatic rings. The molecule has 2 amide bonds. The van der Waals surface area contributed by atoms with Crippen molar-refractivity contribution in [1.29, 1.82) is 0 Å². The fourth-order valence-electron chi connectivity index (χ4n) is 1.97. The summed E-state index contributed by atoms with van der Waals surface area (Å²) in [5, 5.41) is 2.65. The summed E-state index contributed by atoms with van der Waals surface area (Å²) in [5.41, 5.74) is -1.41. The second-order valence-electron chi connectivity index (χ2n) is 5.40. The van der Waals surface area contributed by atoms with Crippen LogP contribution in [0.15, 0.2) is 0 Å². The molecule has 0 saturated carbocycles. The lowest BCUT2D eigenvalue weighted by Crippen LogP contribution is -2.78. The molecule has 2 aliphatic heterocycles. The molecule has 6 heteroatoms. The van der Waals surface area contributed by atoms with Gasteiger partial charge in [-0.1, -0.05) is 0 Å². The number of β-lactam (4-membered cyclic amide) rings is 1. The van der Waals surface area contributed by atoms with Gasteiger partial charge in [-0.05, 0) is 20.8 Å². The van der Waals surface area contributed by atoms with E-state index in [9.17, 15) is 9.59 Å². The zero-order valence-corrected chi connectivity index (χ0v) is 10.4. The summed E-state index contributed by atoms with van der Waals surface area (Å²) in [5.74, 6) is -0.164. The lowest BCUT2D eigenvalue weighted by atomic mass is 9.89. The molecule has 1 unspecified atom stereocenters. The number of hydrogen-bond donors (Lipinski definition) is 1. The van der Waals surface area contributed by atoms with Crippen molar-refractivity contribution in [3.05, 3.63) is 0 Å². The van der Waals surface area contributed by atoms with Gasteiger partial charge < -0.3 is 14.8 Å². The average molecular weight is 242 g/mol. The lowest BCUT2D eigenvalue weighted by molar-refractivity contribution is -0.157. The maximum atomic E-state index is 12.0. The fourth-order valence-corrected chi connectivity index (χ4v) is 1.97. The first kappa shape index (κ1) is 12.2. The smallest absolute Gasteiger partial charge is 0.411 e. The Balaban J connectivity index is 2.12. The van der Waals surface area contributed by atoms with E-state index < -0.39 is 17.2 Å². The molecular formula is C11H18N2O4. The maximum Gasteiger partial charge on any atom is 0.411 e. The summed E-state index contributed by atoms with van der Waals surface area (Å²) in [4.78, 5) is 25.2. The highest BCUT2D eigenvalue weighted by molar-refractivity contribution is 5.96. The minimum Gasteiger partial charge on any atom is -0.444 e. The standard InChI is InChI=1S/C11H18N2O4/c1-10(2,3)17-9(15)13-4-5-16-7-11(13)6-12-8(11)14/h4-7H2,1-3H3,(H,12,14). The topological polar surface area (TPSA) is 67.9 Å². The van der Waals surface area contributed by atoms with E-state index in [4.69, 9.17) is 9.47 Å². The van der Waals surface area contributed by atoms with E-state index in [1.165, 1.54) is 4.90 Å². The minimum absolute atomic E-state index is 0.164. The summed E-state index contributed by atoms with van der Waals surface area (Å²) in [6, 6.07) is 0. The van der Waals surface area contributed by atoms with Gasteiger partial charge in [0.15, 0.2) is 5.54 Å². The molecule has 0 radical (unpaired) electrons. The highest BCUT2D eigenvalue weighted by Gasteiger charge is 2.55. The van der Waals surface area contributed by atoms with E-state index in [-0.39, 0.29) is 12.5 Å². The Morgan fingerprint density at radius 3 is 2.71 bits per heavy atom. The van der Waals surface area contributed by atoms with Crippen LogP contribution in [0, 0.1) is 0 Å². The third-order valence-corrected chi connectivity index (χ3v) is 2.89. The minimum atomic E-state index is -0.847. The lowest BCUT2D eigenvalue weighted by Gasteiger charge is -2.50. The maximum absolute atomic E-state index is 12.0. The Bertz CT molecular complexity index is 350. The predicted molar refractivity (Wildman–Crippen MR) is 59.5 cm³/mol. The normalized spacial score (nSPS) is 28.6. The van der Waals surface area contributed by atoms with Crippen LogP contribution in [0.3, 0.4) is 0 Å². The number of carbonyl (C=O) groups is 2. The zero-order valence-electron chi connectivity index (χ0n) is 10.4. The largest absolute Gasteiger partial charge is 0.444 e. The van der Waals surface area contributed by atoms with Crippen LogP contribution in [0.4, 0.5) is 4.79 Å². The highest BCUT2D eigenvalue weighted by atomic mass is 16.6. The van der Waals surface area contributed by atoms with E-state index in [1.807, 2.05) is 0 Å². The second kappa shape index (κ2) is 3.87. The van der Waals surface area contributed by atoms with Crippen LogP contribution < -0.4 is 5.32 Å². The van der Waals surface area contributed by atoms with Gasteiger partial charge in [0.1, 0.15) is 5.60 Å². The van der Waals surface area contributed by atoms with Crippen LogP contribution in [-0.2, 0) is 14.3 Å². The molecule has 2 saturated heterocycles. The van der Waals surface area contributed by atoms with Gasteiger partial charge in [-0.3, -0.25) is 9.69 Å². The van der Waals surface area contributed by atoms with Crippen LogP contribution in [0.25, 0.3) is 0 Å². The van der Waals surface area contributed by atoms with Crippen molar-refractivity contribution in [2.24, 2.45) is 0 Å². The van der Waals surface area contributed by atoms with Crippen molar-refractivity contribution >= 4 is 12.0 Å². The number of amides is 2. The molecule has 1 N–H and O–H groups in total. The summed E-state index contributed by atoms with van der Waals surface area (Å²) in [7, 11) is 0. The number of hydrogen-bond acceptors (Lipinski definition) is 4. The second-order valence-corrected chi connectivity index (χ2v) is 5.40. The van der Waals surface area contributed by atoms with Crippen molar-refractivity contribution in [2.75, 3.05) is 26.3 Å². The van der Waals surface area contributed by atoms with Gasteiger partial charge >= 0.3 is 6.09 Å². The van der Waals surface area contributed by atoms with Crippen molar-refractivity contribution < 1.29 is 19.1 Å². The van der Waals surface area contributed by atoms with Gasteiger partial charge in [0.2, 0.25) is 5.91 Å². The molecular weight excluding hydrogens is 224 g/mol. The van der Waals surface area contributed by atoms with Crippen molar-refractivity contribution in [3.63, 3.8) is 0 Å². The Labute approximate surface area is 100 Å². The van der Waals surface area contributed by atoms with E-state index in [0.717, 1.165) is 0 Å². The predicted octanol–water partition coefficient (Wildman–Crippen LogP) is 0.122. The van der Waals surface area contributed by atoms with Crippen LogP contribution in [0.2, 0.25) is 0 Å². The monoisotopic (exact) mass is 242 g/mol. The first-order valence-corrected chi connectivity index (χ1v) is 5.72. The van der Waals surface area contributed by atoms with Crippen LogP contribution >= 0.6 is 0 Å². The van der Waals surface area contributed by atoms with Crippen molar-refractivity contribution in [2.45, 2.75) is 31.9 Å². The Morgan fingerprint density at radius 2 is 2.24 bits per heavy atom. The number of carbonyl (C=O) groups excluding carboxylic acids is 2. The van der Waals surface area contributed by atoms with Gasteiger partial charge in [-0.2, -0.15) is 0 Å². The Kier molecular flexibility index (Phi) is 2.77. The summed E-state index contributed by atoms with van der Waals surface area (Å²) < 4.78 is 10.6. The fraction of sp³-hybridized carbons (Fsp3) is 0.818. The number of nitrogens with zero attached hydrogens (tertiary/aromatic N) is 1. The van der Waals surface area contributed by atoms with E-state index in [2.05, 4.69) is 5.32 Å². The molecule has 0 aliphatic carbocycles. The van der Waals surface area contributed by atoms with Gasteiger partial charge in [-0.15, -0.1) is 0 Å². The molecule has 0 aromatic carbocycles. The molecule has 0 aromatic heterocycles. The quantitative estimate of drug-likeness (QED) is 0.613. The highest BCUT2D eigenvalue weighted by Crippen LogP contribution is 2.27. The molecule has 2 rings (SSSR count). The molecule has 2 heterocycles. The number of morpholine rings is 1. The molecule has 6 nitrogen and oxygen atoms in total. The molecule has 0 aromatic rings. The van der Waals surface area contributed by atoms with Gasteiger partial charge in [0.05, 0.1) is 19.8 Å². The number of ether oxygens (including phenoxy) is 2. The molecule has 2 fully saturated rings. The molecule has 1 spiro atoms. The zero-order chi connectivity index (χ0) is 12.7. The summed E-state index contributed by atoms with van der Waals surface area (Å²) in [6.45, 7) is 6.93. The Morgan fingerprint density at radius 1 is 1.53 bits per heavy atom. The van der Waals surface area contributed by atoms with Crippen LogP contribution in [-0.4, -0.2) is 54.3 Å².